The smallest absolute Gasteiger partial charge is 0.414 e. The van der Waals surface area contributed by atoms with Crippen molar-refractivity contribution in [3.8, 4) is 0 Å². The van der Waals surface area contributed by atoms with E-state index in [4.69, 9.17) is 10.2 Å². The topological polar surface area (TPSA) is 94.9 Å². The molecule has 1 saturated heterocycles. The van der Waals surface area contributed by atoms with Crippen LogP contribution in [0, 0.1) is 11.8 Å². The molecule has 0 aromatic heterocycles. The van der Waals surface area contributed by atoms with Crippen LogP contribution in [0.15, 0.2) is 0 Å². The lowest BCUT2D eigenvalue weighted by Gasteiger charge is -2.33. The van der Waals surface area contributed by atoms with E-state index in [0.717, 1.165) is 0 Å². The zero-order valence-electron chi connectivity index (χ0n) is 8.27. The van der Waals surface area contributed by atoms with Gasteiger partial charge in [0, 0.05) is 6.54 Å². The normalized spacial score (nSPS) is 25.8. The third-order valence-corrected chi connectivity index (χ3v) is 2.48. The number of alkyl halides is 3. The highest BCUT2D eigenvalue weighted by Gasteiger charge is 2.51. The lowest BCUT2D eigenvalue weighted by molar-refractivity contribution is -0.194. The maximum atomic E-state index is 12.4. The number of rotatable bonds is 1. The number of imide groups is 1. The van der Waals surface area contributed by atoms with Gasteiger partial charge in [-0.3, -0.25) is 9.59 Å². The number of likely N-dealkylation sites (tertiary alicyclic amines) is 1. The quantitative estimate of drug-likeness (QED) is 0.675. The summed E-state index contributed by atoms with van der Waals surface area (Å²) < 4.78 is 37.3. The predicted molar refractivity (Wildman–Crippen MR) is 45.0 cm³/mol. The Labute approximate surface area is 92.6 Å². The Morgan fingerprint density at radius 1 is 1.29 bits per heavy atom. The molecule has 2 atom stereocenters. The Morgan fingerprint density at radius 3 is 2.18 bits per heavy atom. The zero-order chi connectivity index (χ0) is 13.4. The number of nitrogens with zero attached hydrogens (tertiary/aromatic N) is 1. The van der Waals surface area contributed by atoms with Gasteiger partial charge in [-0.2, -0.15) is 13.2 Å². The lowest BCUT2D eigenvalue weighted by atomic mass is 9.88. The Hall–Kier alpha value is -1.80. The van der Waals surface area contributed by atoms with Crippen molar-refractivity contribution in [2.75, 3.05) is 6.54 Å². The van der Waals surface area contributed by atoms with E-state index in [9.17, 15) is 27.6 Å². The van der Waals surface area contributed by atoms with Crippen molar-refractivity contribution >= 4 is 18.0 Å². The minimum absolute atomic E-state index is 0.0968. The van der Waals surface area contributed by atoms with Gasteiger partial charge in [0.05, 0.1) is 5.92 Å². The molecule has 0 aromatic carbocycles. The van der Waals surface area contributed by atoms with Gasteiger partial charge in [-0.15, -0.1) is 0 Å². The number of carboxylic acids is 1. The van der Waals surface area contributed by atoms with Gasteiger partial charge in [0.15, 0.2) is 0 Å². The molecule has 1 aliphatic heterocycles. The summed E-state index contributed by atoms with van der Waals surface area (Å²) in [5.74, 6) is -7.19. The summed E-state index contributed by atoms with van der Waals surface area (Å²) in [7, 11) is 0. The monoisotopic (exact) mass is 255 g/mol. The van der Waals surface area contributed by atoms with E-state index in [1.165, 1.54) is 0 Å². The summed E-state index contributed by atoms with van der Waals surface area (Å²) in [6, 6.07) is 0. The molecule has 1 unspecified atom stereocenters. The largest absolute Gasteiger partial charge is 0.481 e. The third kappa shape index (κ3) is 2.66. The molecule has 0 saturated carbocycles. The van der Waals surface area contributed by atoms with Crippen molar-refractivity contribution in [1.82, 2.24) is 4.90 Å². The van der Waals surface area contributed by atoms with Gasteiger partial charge in [-0.25, -0.2) is 9.69 Å². The summed E-state index contributed by atoms with van der Waals surface area (Å²) in [4.78, 5) is 32.3. The second kappa shape index (κ2) is 4.22. The number of carbonyl (C=O) groups is 3. The average molecular weight is 255 g/mol. The number of halogens is 3. The van der Waals surface area contributed by atoms with E-state index in [0.29, 0.717) is 0 Å². The molecular formula is C8H8F3NO5. The molecule has 0 spiro atoms. The molecule has 9 heteroatoms. The van der Waals surface area contributed by atoms with Gasteiger partial charge in [0.25, 0.3) is 0 Å². The second-order valence-electron chi connectivity index (χ2n) is 3.60. The summed E-state index contributed by atoms with van der Waals surface area (Å²) in [5.41, 5.74) is 0. The van der Waals surface area contributed by atoms with Crippen molar-refractivity contribution in [2.45, 2.75) is 12.6 Å². The van der Waals surface area contributed by atoms with Crippen LogP contribution in [0.3, 0.4) is 0 Å². The highest BCUT2D eigenvalue weighted by atomic mass is 19.4. The summed E-state index contributed by atoms with van der Waals surface area (Å²) in [6.45, 7) is -1.05. The van der Waals surface area contributed by atoms with E-state index in [1.807, 2.05) is 0 Å². The fourth-order valence-corrected chi connectivity index (χ4v) is 1.57. The van der Waals surface area contributed by atoms with Crippen LogP contribution in [0.25, 0.3) is 0 Å². The predicted octanol–water partition coefficient (Wildman–Crippen LogP) is 0.776. The molecule has 96 valence electrons. The first kappa shape index (κ1) is 13.3. The molecular weight excluding hydrogens is 247 g/mol. The number of hydrogen-bond acceptors (Lipinski definition) is 3. The van der Waals surface area contributed by atoms with Crippen LogP contribution in [-0.2, 0) is 9.59 Å². The van der Waals surface area contributed by atoms with Gasteiger partial charge < -0.3 is 10.2 Å². The molecule has 0 aliphatic carbocycles. The fraction of sp³-hybridized carbons (Fsp3) is 0.625. The number of aliphatic carboxylic acids is 1. The molecule has 0 aromatic rings. The van der Waals surface area contributed by atoms with Gasteiger partial charge in [-0.1, -0.05) is 0 Å². The van der Waals surface area contributed by atoms with Crippen molar-refractivity contribution in [3.05, 3.63) is 0 Å². The zero-order valence-corrected chi connectivity index (χ0v) is 8.27. The van der Waals surface area contributed by atoms with E-state index in [1.54, 1.807) is 0 Å². The Balaban J connectivity index is 3.01. The molecule has 6 nitrogen and oxygen atoms in total. The molecule has 1 aliphatic rings. The maximum Gasteiger partial charge on any atom is 0.414 e. The van der Waals surface area contributed by atoms with Crippen molar-refractivity contribution < 1.29 is 37.8 Å². The average Bonchev–Trinajstić information content (AvgIpc) is 2.14. The first-order valence-electron chi connectivity index (χ1n) is 4.48. The van der Waals surface area contributed by atoms with E-state index >= 15 is 0 Å². The molecule has 1 fully saturated rings. The highest BCUT2D eigenvalue weighted by molar-refractivity contribution is 6.03. The number of piperidine rings is 1. The summed E-state index contributed by atoms with van der Waals surface area (Å²) in [6.07, 6.45) is -7.54. The molecule has 0 bridgehead atoms. The number of carbonyl (C=O) groups excluding carboxylic acids is 1. The van der Waals surface area contributed by atoms with E-state index in [2.05, 4.69) is 0 Å². The SMILES string of the molecule is O=C(O)C1C[C@@H](C(F)(F)F)CN(C(=O)O)C1=O. The summed E-state index contributed by atoms with van der Waals surface area (Å²) >= 11 is 0. The van der Waals surface area contributed by atoms with Gasteiger partial charge in [0.1, 0.15) is 5.92 Å². The number of carboxylic acid groups (broad SMARTS) is 2. The fourth-order valence-electron chi connectivity index (χ4n) is 1.57. The van der Waals surface area contributed by atoms with Crippen LogP contribution in [0.2, 0.25) is 0 Å². The van der Waals surface area contributed by atoms with Crippen LogP contribution < -0.4 is 0 Å². The van der Waals surface area contributed by atoms with Crippen molar-refractivity contribution in [3.63, 3.8) is 0 Å². The minimum atomic E-state index is -4.73. The first-order valence-corrected chi connectivity index (χ1v) is 4.48. The third-order valence-electron chi connectivity index (χ3n) is 2.48. The molecule has 0 radical (unpaired) electrons. The van der Waals surface area contributed by atoms with E-state index < -0.39 is 48.9 Å². The Bertz CT molecular complexity index is 341. The summed E-state index contributed by atoms with van der Waals surface area (Å²) in [5, 5.41) is 17.1. The van der Waals surface area contributed by atoms with Crippen LogP contribution in [0.4, 0.5) is 18.0 Å². The Morgan fingerprint density at radius 2 is 1.82 bits per heavy atom. The second-order valence-corrected chi connectivity index (χ2v) is 3.60. The van der Waals surface area contributed by atoms with Crippen LogP contribution in [0.1, 0.15) is 6.42 Å². The van der Waals surface area contributed by atoms with Gasteiger partial charge >= 0.3 is 18.2 Å². The standard InChI is InChI=1S/C8H8F3NO5/c9-8(10,11)3-1-4(6(14)15)5(13)12(2-3)7(16)17/h3-4H,1-2H2,(H,14,15)(H,16,17)/t3-,4?/m1/s1. The number of amides is 2. The molecule has 1 rings (SSSR count). The van der Waals surface area contributed by atoms with E-state index in [-0.39, 0.29) is 4.90 Å². The minimum Gasteiger partial charge on any atom is -0.481 e. The first-order chi connectivity index (χ1) is 7.64. The van der Waals surface area contributed by atoms with Gasteiger partial charge in [-0.05, 0) is 6.42 Å². The number of hydrogen-bond donors (Lipinski definition) is 2. The van der Waals surface area contributed by atoms with Crippen LogP contribution in [-0.4, -0.2) is 45.8 Å². The van der Waals surface area contributed by atoms with Crippen LogP contribution >= 0.6 is 0 Å². The maximum absolute atomic E-state index is 12.4. The highest BCUT2D eigenvalue weighted by Crippen LogP contribution is 2.35. The lowest BCUT2D eigenvalue weighted by Crippen LogP contribution is -2.53. The molecule has 1 heterocycles. The van der Waals surface area contributed by atoms with Crippen molar-refractivity contribution in [1.29, 1.82) is 0 Å². The molecule has 2 amide bonds. The molecule has 2 N–H and O–H groups in total. The molecule has 17 heavy (non-hydrogen) atoms. The van der Waals surface area contributed by atoms with Crippen LogP contribution in [0.5, 0.6) is 0 Å². The van der Waals surface area contributed by atoms with Crippen molar-refractivity contribution in [2.24, 2.45) is 11.8 Å². The van der Waals surface area contributed by atoms with Gasteiger partial charge in [0.2, 0.25) is 5.91 Å². The Kier molecular flexibility index (Phi) is 3.30.